The molecule has 7 heteroatoms. The van der Waals surface area contributed by atoms with Gasteiger partial charge in [-0.15, -0.1) is 0 Å². The van der Waals surface area contributed by atoms with Crippen molar-refractivity contribution >= 4 is 28.9 Å². The molecule has 0 heterocycles. The van der Waals surface area contributed by atoms with Gasteiger partial charge in [-0.05, 0) is 54.2 Å². The zero-order chi connectivity index (χ0) is 25.7. The van der Waals surface area contributed by atoms with Crippen LogP contribution in [0, 0.1) is 0 Å². The molecule has 188 valence electrons. The Labute approximate surface area is 222 Å². The van der Waals surface area contributed by atoms with E-state index in [9.17, 15) is 4.79 Å². The summed E-state index contributed by atoms with van der Waals surface area (Å²) in [5.41, 5.74) is 2.21. The molecule has 0 aliphatic carbocycles. The van der Waals surface area contributed by atoms with Crippen LogP contribution in [0.2, 0.25) is 0 Å². The number of nitrogens with one attached hydrogen (secondary N) is 2. The van der Waals surface area contributed by atoms with Gasteiger partial charge in [0.05, 0.1) is 17.9 Å². The quantitative estimate of drug-likeness (QED) is 0.193. The Balaban J connectivity index is 1.29. The van der Waals surface area contributed by atoms with E-state index in [4.69, 9.17) is 26.4 Å². The summed E-state index contributed by atoms with van der Waals surface area (Å²) < 4.78 is 17.5. The number of para-hydroxylation sites is 4. The molecule has 0 fully saturated rings. The number of hydrogen-bond donors (Lipinski definition) is 2. The highest BCUT2D eigenvalue weighted by molar-refractivity contribution is 7.80. The highest BCUT2D eigenvalue weighted by Crippen LogP contribution is 2.24. The molecule has 0 saturated carbocycles. The Morgan fingerprint density at radius 2 is 1.24 bits per heavy atom. The maximum absolute atomic E-state index is 13.0. The van der Waals surface area contributed by atoms with Crippen LogP contribution in [0.3, 0.4) is 0 Å². The van der Waals surface area contributed by atoms with Gasteiger partial charge in [-0.2, -0.15) is 0 Å². The van der Waals surface area contributed by atoms with Gasteiger partial charge in [0.15, 0.2) is 5.11 Å². The van der Waals surface area contributed by atoms with E-state index >= 15 is 0 Å². The molecule has 0 saturated heterocycles. The molecule has 0 spiro atoms. The normalized spacial score (nSPS) is 10.3. The van der Waals surface area contributed by atoms with Crippen LogP contribution in [0.5, 0.6) is 17.2 Å². The number of thiocarbonyl (C=S) groups is 1. The van der Waals surface area contributed by atoms with Crippen LogP contribution in [0.25, 0.3) is 0 Å². The smallest absolute Gasteiger partial charge is 0.261 e. The van der Waals surface area contributed by atoms with Gasteiger partial charge in [-0.3, -0.25) is 10.1 Å². The molecule has 0 aromatic heterocycles. The van der Waals surface area contributed by atoms with E-state index in [1.807, 2.05) is 91.0 Å². The Kier molecular flexibility index (Phi) is 9.49. The van der Waals surface area contributed by atoms with E-state index in [-0.39, 0.29) is 11.0 Å². The largest absolute Gasteiger partial charge is 0.492 e. The Hall–Kier alpha value is -4.36. The first-order valence-electron chi connectivity index (χ1n) is 12.0. The van der Waals surface area contributed by atoms with E-state index in [1.165, 1.54) is 5.56 Å². The lowest BCUT2D eigenvalue weighted by atomic mass is 10.1. The minimum atomic E-state index is -0.359. The van der Waals surface area contributed by atoms with Crippen molar-refractivity contribution in [3.63, 3.8) is 0 Å². The molecule has 0 atom stereocenters. The fourth-order valence-corrected chi connectivity index (χ4v) is 3.75. The third-order valence-electron chi connectivity index (χ3n) is 5.34. The summed E-state index contributed by atoms with van der Waals surface area (Å²) in [6.07, 6.45) is 0.740. The molecular formula is C30H28N2O4S. The van der Waals surface area contributed by atoms with Crippen LogP contribution in [-0.2, 0) is 6.42 Å². The van der Waals surface area contributed by atoms with Crippen LogP contribution in [0.15, 0.2) is 109 Å². The second-order valence-electron chi connectivity index (χ2n) is 7.99. The first-order chi connectivity index (χ1) is 18.2. The number of benzene rings is 4. The summed E-state index contributed by atoms with van der Waals surface area (Å²) >= 11 is 5.40. The van der Waals surface area contributed by atoms with Crippen molar-refractivity contribution in [1.82, 2.24) is 5.32 Å². The van der Waals surface area contributed by atoms with Gasteiger partial charge < -0.3 is 19.5 Å². The van der Waals surface area contributed by atoms with Gasteiger partial charge in [-0.1, -0.05) is 72.8 Å². The minimum Gasteiger partial charge on any atom is -0.492 e. The standard InChI is InChI=1S/C30H28N2O4S/c33-29(25-15-7-9-17-27(25)35-20-19-23-11-3-1-4-12-23)32-30(37)31-26-16-8-10-18-28(26)36-22-21-34-24-13-5-2-6-14-24/h1-18H,19-22H2,(H2,31,32,33,37). The van der Waals surface area contributed by atoms with Gasteiger partial charge in [0.2, 0.25) is 0 Å². The summed E-state index contributed by atoms with van der Waals surface area (Å²) in [5, 5.41) is 5.93. The second-order valence-corrected chi connectivity index (χ2v) is 8.40. The number of hydrogen-bond acceptors (Lipinski definition) is 5. The lowest BCUT2D eigenvalue weighted by Gasteiger charge is -2.15. The third-order valence-corrected chi connectivity index (χ3v) is 5.54. The van der Waals surface area contributed by atoms with E-state index in [0.29, 0.717) is 42.6 Å². The monoisotopic (exact) mass is 512 g/mol. The lowest BCUT2D eigenvalue weighted by Crippen LogP contribution is -2.34. The Morgan fingerprint density at radius 1 is 0.649 bits per heavy atom. The molecule has 0 bridgehead atoms. The van der Waals surface area contributed by atoms with Crippen molar-refractivity contribution < 1.29 is 19.0 Å². The summed E-state index contributed by atoms with van der Waals surface area (Å²) in [5.74, 6) is 1.52. The highest BCUT2D eigenvalue weighted by atomic mass is 32.1. The number of rotatable bonds is 11. The first kappa shape index (κ1) is 25.7. The SMILES string of the molecule is O=C(NC(=S)Nc1ccccc1OCCOc1ccccc1)c1ccccc1OCCc1ccccc1. The van der Waals surface area contributed by atoms with Crippen LogP contribution in [0.4, 0.5) is 5.69 Å². The molecule has 4 aromatic rings. The van der Waals surface area contributed by atoms with Crippen LogP contribution in [0.1, 0.15) is 15.9 Å². The summed E-state index contributed by atoms with van der Waals surface area (Å²) in [6, 6.07) is 34.1. The fraction of sp³-hybridized carbons (Fsp3) is 0.133. The molecule has 4 rings (SSSR count). The van der Waals surface area contributed by atoms with E-state index in [0.717, 1.165) is 12.2 Å². The topological polar surface area (TPSA) is 68.8 Å². The predicted octanol–water partition coefficient (Wildman–Crippen LogP) is 5.89. The van der Waals surface area contributed by atoms with Crippen LogP contribution < -0.4 is 24.8 Å². The minimum absolute atomic E-state index is 0.153. The van der Waals surface area contributed by atoms with E-state index < -0.39 is 0 Å². The van der Waals surface area contributed by atoms with Crippen molar-refractivity contribution in [1.29, 1.82) is 0 Å². The lowest BCUT2D eigenvalue weighted by molar-refractivity contribution is 0.0974. The van der Waals surface area contributed by atoms with E-state index in [2.05, 4.69) is 10.6 Å². The maximum Gasteiger partial charge on any atom is 0.261 e. The van der Waals surface area contributed by atoms with Gasteiger partial charge in [-0.25, -0.2) is 0 Å². The fourth-order valence-electron chi connectivity index (χ4n) is 3.55. The molecule has 2 N–H and O–H groups in total. The Bertz CT molecular complexity index is 1300. The van der Waals surface area contributed by atoms with Crippen molar-refractivity contribution in [3.8, 4) is 17.2 Å². The van der Waals surface area contributed by atoms with Gasteiger partial charge in [0.1, 0.15) is 30.5 Å². The number of carbonyl (C=O) groups is 1. The summed E-state index contributed by atoms with van der Waals surface area (Å²) in [4.78, 5) is 13.0. The summed E-state index contributed by atoms with van der Waals surface area (Å²) in [6.45, 7) is 1.19. The van der Waals surface area contributed by atoms with Gasteiger partial charge >= 0.3 is 0 Å². The number of ether oxygens (including phenoxy) is 3. The molecular weight excluding hydrogens is 484 g/mol. The highest BCUT2D eigenvalue weighted by Gasteiger charge is 2.14. The molecule has 6 nitrogen and oxygen atoms in total. The molecule has 1 amide bonds. The van der Waals surface area contributed by atoms with Gasteiger partial charge in [0.25, 0.3) is 5.91 Å². The zero-order valence-corrected chi connectivity index (χ0v) is 21.1. The molecule has 0 unspecified atom stereocenters. The number of anilines is 1. The third kappa shape index (κ3) is 8.08. The molecule has 37 heavy (non-hydrogen) atoms. The van der Waals surface area contributed by atoms with Crippen LogP contribution in [-0.4, -0.2) is 30.8 Å². The van der Waals surface area contributed by atoms with Crippen molar-refractivity contribution in [2.45, 2.75) is 6.42 Å². The maximum atomic E-state index is 13.0. The Morgan fingerprint density at radius 3 is 2.03 bits per heavy atom. The first-order valence-corrected chi connectivity index (χ1v) is 12.4. The predicted molar refractivity (Wildman–Crippen MR) is 150 cm³/mol. The van der Waals surface area contributed by atoms with Crippen molar-refractivity contribution in [2.75, 3.05) is 25.1 Å². The van der Waals surface area contributed by atoms with Crippen LogP contribution >= 0.6 is 12.2 Å². The van der Waals surface area contributed by atoms with E-state index in [1.54, 1.807) is 18.2 Å². The van der Waals surface area contributed by atoms with Gasteiger partial charge in [0, 0.05) is 6.42 Å². The summed E-state index contributed by atoms with van der Waals surface area (Å²) in [7, 11) is 0. The van der Waals surface area contributed by atoms with Crippen molar-refractivity contribution in [3.05, 3.63) is 120 Å². The number of carbonyl (C=O) groups excluding carboxylic acids is 1. The molecule has 4 aromatic carbocycles. The molecule has 0 aliphatic heterocycles. The average molecular weight is 513 g/mol. The molecule has 0 aliphatic rings. The van der Waals surface area contributed by atoms with Crippen molar-refractivity contribution in [2.24, 2.45) is 0 Å². The zero-order valence-electron chi connectivity index (χ0n) is 20.3. The number of amides is 1. The average Bonchev–Trinajstić information content (AvgIpc) is 2.93. The molecule has 0 radical (unpaired) electrons. The second kappa shape index (κ2) is 13.7.